The second-order valence-corrected chi connectivity index (χ2v) is 5.30. The van der Waals surface area contributed by atoms with E-state index in [1.54, 1.807) is 11.3 Å². The maximum atomic E-state index is 8.79. The van der Waals surface area contributed by atoms with Gasteiger partial charge in [0.05, 0.1) is 0 Å². The lowest BCUT2D eigenvalue weighted by Crippen LogP contribution is -1.83. The van der Waals surface area contributed by atoms with Crippen LogP contribution in [0.4, 0.5) is 0 Å². The van der Waals surface area contributed by atoms with E-state index in [2.05, 4.69) is 47.7 Å². The molecule has 0 amide bonds. The lowest BCUT2D eigenvalue weighted by Gasteiger charge is -2.00. The first kappa shape index (κ1) is 9.94. The normalized spacial score (nSPS) is 10.4. The van der Waals surface area contributed by atoms with Gasteiger partial charge in [-0.15, -0.1) is 11.3 Å². The first-order valence-corrected chi connectivity index (χ1v) is 6.26. The molecule has 14 heavy (non-hydrogen) atoms. The van der Waals surface area contributed by atoms with Gasteiger partial charge in [-0.3, -0.25) is 0 Å². The van der Waals surface area contributed by atoms with Crippen LogP contribution in [0.25, 0.3) is 10.1 Å². The third-order valence-corrected chi connectivity index (χ3v) is 4.18. The molecular formula is C11H8INS. The molecule has 0 spiro atoms. The van der Waals surface area contributed by atoms with Crippen LogP contribution in [0.2, 0.25) is 0 Å². The summed E-state index contributed by atoms with van der Waals surface area (Å²) in [4.78, 5) is 0.795. The molecule has 1 heterocycles. The zero-order valence-electron chi connectivity index (χ0n) is 7.67. The summed E-state index contributed by atoms with van der Waals surface area (Å²) in [6, 6.07) is 8.51. The SMILES string of the molecule is CCc1cc2sc(C#N)cc2cc1I. The van der Waals surface area contributed by atoms with Crippen LogP contribution in [0.5, 0.6) is 0 Å². The monoisotopic (exact) mass is 313 g/mol. The molecule has 70 valence electrons. The first-order chi connectivity index (χ1) is 6.74. The van der Waals surface area contributed by atoms with Gasteiger partial charge in [-0.05, 0) is 58.2 Å². The van der Waals surface area contributed by atoms with Crippen molar-refractivity contribution in [3.05, 3.63) is 32.2 Å². The largest absolute Gasteiger partial charge is 0.192 e. The van der Waals surface area contributed by atoms with Gasteiger partial charge in [0.15, 0.2) is 0 Å². The van der Waals surface area contributed by atoms with E-state index in [-0.39, 0.29) is 0 Å². The van der Waals surface area contributed by atoms with Crippen LogP contribution in [-0.4, -0.2) is 0 Å². The molecule has 1 nitrogen and oxygen atoms in total. The molecule has 0 atom stereocenters. The van der Waals surface area contributed by atoms with E-state index in [1.807, 2.05) is 6.07 Å². The van der Waals surface area contributed by atoms with Crippen LogP contribution < -0.4 is 0 Å². The van der Waals surface area contributed by atoms with Gasteiger partial charge in [0.2, 0.25) is 0 Å². The fraction of sp³-hybridized carbons (Fsp3) is 0.182. The van der Waals surface area contributed by atoms with Crippen molar-refractivity contribution in [2.75, 3.05) is 0 Å². The zero-order chi connectivity index (χ0) is 10.1. The number of nitrogens with zero attached hydrogens (tertiary/aromatic N) is 1. The molecular weight excluding hydrogens is 305 g/mol. The Morgan fingerprint density at radius 1 is 1.43 bits per heavy atom. The van der Waals surface area contributed by atoms with E-state index in [9.17, 15) is 0 Å². The Hall–Kier alpha value is -0.600. The summed E-state index contributed by atoms with van der Waals surface area (Å²) in [6.07, 6.45) is 1.05. The molecule has 0 radical (unpaired) electrons. The number of benzene rings is 1. The molecule has 0 saturated carbocycles. The van der Waals surface area contributed by atoms with Crippen molar-refractivity contribution in [3.63, 3.8) is 0 Å². The van der Waals surface area contributed by atoms with Crippen molar-refractivity contribution in [1.29, 1.82) is 5.26 Å². The van der Waals surface area contributed by atoms with Gasteiger partial charge < -0.3 is 0 Å². The quantitative estimate of drug-likeness (QED) is 0.732. The van der Waals surface area contributed by atoms with Gasteiger partial charge in [-0.2, -0.15) is 5.26 Å². The number of aryl methyl sites for hydroxylation is 1. The fourth-order valence-electron chi connectivity index (χ4n) is 1.43. The molecule has 0 saturated heterocycles. The Morgan fingerprint density at radius 3 is 2.86 bits per heavy atom. The Balaban J connectivity index is 2.71. The first-order valence-electron chi connectivity index (χ1n) is 4.36. The van der Waals surface area contributed by atoms with Gasteiger partial charge in [-0.1, -0.05) is 6.92 Å². The van der Waals surface area contributed by atoms with E-state index in [0.29, 0.717) is 0 Å². The molecule has 0 unspecified atom stereocenters. The highest BCUT2D eigenvalue weighted by Gasteiger charge is 2.04. The molecule has 3 heteroatoms. The Labute approximate surface area is 101 Å². The van der Waals surface area contributed by atoms with Crippen molar-refractivity contribution in [3.8, 4) is 6.07 Å². The molecule has 0 N–H and O–H groups in total. The average Bonchev–Trinajstić information content (AvgIpc) is 2.58. The van der Waals surface area contributed by atoms with Crippen molar-refractivity contribution in [2.45, 2.75) is 13.3 Å². The van der Waals surface area contributed by atoms with Gasteiger partial charge in [0, 0.05) is 8.27 Å². The summed E-state index contributed by atoms with van der Waals surface area (Å²) in [5.41, 5.74) is 1.37. The molecule has 1 aromatic heterocycles. The minimum atomic E-state index is 0.795. The second kappa shape index (κ2) is 3.87. The topological polar surface area (TPSA) is 23.8 Å². The molecule has 0 fully saturated rings. The van der Waals surface area contributed by atoms with Gasteiger partial charge in [-0.25, -0.2) is 0 Å². The Bertz CT molecular complexity index is 522. The summed E-state index contributed by atoms with van der Waals surface area (Å²) in [5.74, 6) is 0. The van der Waals surface area contributed by atoms with E-state index >= 15 is 0 Å². The number of nitriles is 1. The highest BCUT2D eigenvalue weighted by atomic mass is 127. The summed E-state index contributed by atoms with van der Waals surface area (Å²) >= 11 is 3.92. The summed E-state index contributed by atoms with van der Waals surface area (Å²) in [6.45, 7) is 2.15. The maximum Gasteiger partial charge on any atom is 0.110 e. The van der Waals surface area contributed by atoms with Gasteiger partial charge in [0.1, 0.15) is 10.9 Å². The van der Waals surface area contributed by atoms with E-state index in [0.717, 1.165) is 11.3 Å². The van der Waals surface area contributed by atoms with Gasteiger partial charge >= 0.3 is 0 Å². The molecule has 1 aromatic carbocycles. The molecule has 0 bridgehead atoms. The predicted octanol–water partition coefficient (Wildman–Crippen LogP) is 3.94. The lowest BCUT2D eigenvalue weighted by atomic mass is 10.1. The van der Waals surface area contributed by atoms with Crippen LogP contribution >= 0.6 is 33.9 Å². The van der Waals surface area contributed by atoms with E-state index in [1.165, 1.54) is 19.2 Å². The smallest absolute Gasteiger partial charge is 0.110 e. The molecule has 0 aliphatic heterocycles. The Kier molecular flexibility index (Phi) is 2.75. The van der Waals surface area contributed by atoms with Crippen molar-refractivity contribution < 1.29 is 0 Å². The highest BCUT2D eigenvalue weighted by molar-refractivity contribution is 14.1. The van der Waals surface area contributed by atoms with Gasteiger partial charge in [0.25, 0.3) is 0 Å². The van der Waals surface area contributed by atoms with Crippen molar-refractivity contribution in [2.24, 2.45) is 0 Å². The standard InChI is InChI=1S/C11H8INS/c1-2-7-5-11-8(4-10(7)12)3-9(6-13)14-11/h3-5H,2H2,1H3. The van der Waals surface area contributed by atoms with Crippen LogP contribution in [0.3, 0.4) is 0 Å². The predicted molar refractivity (Wildman–Crippen MR) is 68.6 cm³/mol. The maximum absolute atomic E-state index is 8.79. The average molecular weight is 313 g/mol. The number of halogens is 1. The highest BCUT2D eigenvalue weighted by Crippen LogP contribution is 2.29. The Morgan fingerprint density at radius 2 is 2.21 bits per heavy atom. The molecule has 2 rings (SSSR count). The third-order valence-electron chi connectivity index (χ3n) is 2.18. The number of thiophene rings is 1. The third kappa shape index (κ3) is 1.64. The van der Waals surface area contributed by atoms with Crippen molar-refractivity contribution >= 4 is 44.0 Å². The summed E-state index contributed by atoms with van der Waals surface area (Å²) in [7, 11) is 0. The van der Waals surface area contributed by atoms with E-state index < -0.39 is 0 Å². The van der Waals surface area contributed by atoms with Crippen LogP contribution in [-0.2, 0) is 6.42 Å². The van der Waals surface area contributed by atoms with Crippen LogP contribution in [0.15, 0.2) is 18.2 Å². The number of fused-ring (bicyclic) bond motifs is 1. The molecule has 2 aromatic rings. The zero-order valence-corrected chi connectivity index (χ0v) is 10.6. The molecule has 0 aliphatic carbocycles. The van der Waals surface area contributed by atoms with Crippen molar-refractivity contribution in [1.82, 2.24) is 0 Å². The van der Waals surface area contributed by atoms with Crippen LogP contribution in [0, 0.1) is 14.9 Å². The minimum Gasteiger partial charge on any atom is -0.192 e. The van der Waals surface area contributed by atoms with E-state index in [4.69, 9.17) is 5.26 Å². The molecule has 0 aliphatic rings. The summed E-state index contributed by atoms with van der Waals surface area (Å²) < 4.78 is 2.51. The minimum absolute atomic E-state index is 0.795. The summed E-state index contributed by atoms with van der Waals surface area (Å²) in [5, 5.41) is 9.98. The fourth-order valence-corrected chi connectivity index (χ4v) is 3.21. The van der Waals surface area contributed by atoms with Crippen LogP contribution in [0.1, 0.15) is 17.4 Å². The number of rotatable bonds is 1. The number of hydrogen-bond donors (Lipinski definition) is 0. The lowest BCUT2D eigenvalue weighted by molar-refractivity contribution is 1.13. The second-order valence-electron chi connectivity index (χ2n) is 3.06. The number of hydrogen-bond acceptors (Lipinski definition) is 2.